The standard InChI is InChI=1S/C15H12Cl2N4O3S2/c1-21(8-13(22)18-14-9(16)4-2-5-10(14)17)26(23,24)12-7-3-6-11-15(12)20-25-19-11/h2-7H,8H2,1H3,(H,18,22). The van der Waals surface area contributed by atoms with E-state index in [4.69, 9.17) is 23.2 Å². The van der Waals surface area contributed by atoms with E-state index in [0.29, 0.717) is 5.52 Å². The number of carbonyl (C=O) groups excluding carboxylic acids is 1. The minimum absolute atomic E-state index is 0.00479. The first-order chi connectivity index (χ1) is 12.3. The van der Waals surface area contributed by atoms with Gasteiger partial charge in [-0.05, 0) is 24.3 Å². The van der Waals surface area contributed by atoms with Gasteiger partial charge in [0, 0.05) is 7.05 Å². The fourth-order valence-corrected chi connectivity index (χ4v) is 4.61. The predicted octanol–water partition coefficient (Wildman–Crippen LogP) is 3.26. The van der Waals surface area contributed by atoms with Crippen LogP contribution in [0.4, 0.5) is 5.69 Å². The summed E-state index contributed by atoms with van der Waals surface area (Å²) in [7, 11) is -2.63. The Morgan fingerprint density at radius 2 is 1.81 bits per heavy atom. The summed E-state index contributed by atoms with van der Waals surface area (Å²) in [5, 5.41) is 3.05. The number of fused-ring (bicyclic) bond motifs is 1. The average molecular weight is 431 g/mol. The number of aromatic nitrogens is 2. The van der Waals surface area contributed by atoms with Crippen molar-refractivity contribution >= 4 is 67.6 Å². The van der Waals surface area contributed by atoms with Crippen LogP contribution in [-0.4, -0.2) is 41.0 Å². The van der Waals surface area contributed by atoms with Crippen LogP contribution in [0.3, 0.4) is 0 Å². The van der Waals surface area contributed by atoms with Gasteiger partial charge in [-0.15, -0.1) is 0 Å². The summed E-state index contributed by atoms with van der Waals surface area (Å²) in [5.74, 6) is -0.574. The molecule has 26 heavy (non-hydrogen) atoms. The van der Waals surface area contributed by atoms with Gasteiger partial charge in [0.05, 0.1) is 34.0 Å². The zero-order valence-corrected chi connectivity index (χ0v) is 16.5. The van der Waals surface area contributed by atoms with Gasteiger partial charge in [-0.2, -0.15) is 13.1 Å². The topological polar surface area (TPSA) is 92.3 Å². The highest BCUT2D eigenvalue weighted by atomic mass is 35.5. The van der Waals surface area contributed by atoms with Crippen LogP contribution < -0.4 is 5.32 Å². The van der Waals surface area contributed by atoms with Gasteiger partial charge >= 0.3 is 0 Å². The van der Waals surface area contributed by atoms with Gasteiger partial charge in [0.15, 0.2) is 0 Å². The lowest BCUT2D eigenvalue weighted by molar-refractivity contribution is -0.116. The summed E-state index contributed by atoms with van der Waals surface area (Å²) in [5.41, 5.74) is 0.994. The van der Waals surface area contributed by atoms with Crippen LogP contribution in [-0.2, 0) is 14.8 Å². The van der Waals surface area contributed by atoms with Crippen LogP contribution in [0.15, 0.2) is 41.3 Å². The van der Waals surface area contributed by atoms with Crippen LogP contribution in [0.25, 0.3) is 11.0 Å². The number of benzene rings is 2. The molecule has 0 atom stereocenters. The Balaban J connectivity index is 1.82. The molecule has 0 unspecified atom stereocenters. The largest absolute Gasteiger partial charge is 0.322 e. The molecule has 0 bridgehead atoms. The number of hydrogen-bond donors (Lipinski definition) is 1. The second-order valence-corrected chi connectivity index (χ2v) is 8.65. The Bertz CT molecular complexity index is 1070. The Labute approximate surface area is 163 Å². The number of carbonyl (C=O) groups is 1. The maximum atomic E-state index is 12.8. The fourth-order valence-electron chi connectivity index (χ4n) is 2.24. The number of hydrogen-bond acceptors (Lipinski definition) is 6. The zero-order chi connectivity index (χ0) is 18.9. The van der Waals surface area contributed by atoms with Crippen LogP contribution >= 0.6 is 34.9 Å². The maximum absolute atomic E-state index is 12.8. The number of anilines is 1. The zero-order valence-electron chi connectivity index (χ0n) is 13.3. The summed E-state index contributed by atoms with van der Waals surface area (Å²) in [6, 6.07) is 9.45. The molecule has 1 amide bonds. The van der Waals surface area contributed by atoms with E-state index in [-0.39, 0.29) is 26.1 Å². The molecule has 2 aromatic carbocycles. The number of sulfonamides is 1. The van der Waals surface area contributed by atoms with Crippen LogP contribution in [0.1, 0.15) is 0 Å². The van der Waals surface area contributed by atoms with Crippen molar-refractivity contribution in [2.75, 3.05) is 18.9 Å². The fraction of sp³-hybridized carbons (Fsp3) is 0.133. The smallest absolute Gasteiger partial charge is 0.245 e. The third kappa shape index (κ3) is 3.67. The predicted molar refractivity (Wildman–Crippen MR) is 102 cm³/mol. The van der Waals surface area contributed by atoms with Gasteiger partial charge in [-0.25, -0.2) is 8.42 Å². The minimum Gasteiger partial charge on any atom is -0.322 e. The van der Waals surface area contributed by atoms with Crippen molar-refractivity contribution in [3.05, 3.63) is 46.4 Å². The molecule has 1 heterocycles. The first-order valence-electron chi connectivity index (χ1n) is 7.22. The Hall–Kier alpha value is -1.78. The molecule has 136 valence electrons. The van der Waals surface area contributed by atoms with Crippen molar-refractivity contribution in [3.8, 4) is 0 Å². The van der Waals surface area contributed by atoms with E-state index in [1.165, 1.54) is 13.1 Å². The van der Waals surface area contributed by atoms with E-state index < -0.39 is 22.5 Å². The van der Waals surface area contributed by atoms with Crippen molar-refractivity contribution in [2.45, 2.75) is 4.90 Å². The van der Waals surface area contributed by atoms with Crippen molar-refractivity contribution < 1.29 is 13.2 Å². The number of amides is 1. The molecule has 1 aromatic heterocycles. The van der Waals surface area contributed by atoms with Gasteiger partial charge in [0.25, 0.3) is 0 Å². The highest BCUT2D eigenvalue weighted by Crippen LogP contribution is 2.30. The Morgan fingerprint density at radius 3 is 2.50 bits per heavy atom. The third-order valence-electron chi connectivity index (χ3n) is 3.53. The van der Waals surface area contributed by atoms with Gasteiger partial charge in [-0.3, -0.25) is 4.79 Å². The molecule has 0 aliphatic carbocycles. The molecule has 0 aliphatic rings. The quantitative estimate of drug-likeness (QED) is 0.670. The second-order valence-electron chi connectivity index (χ2n) is 5.29. The number of halogens is 2. The van der Waals surface area contributed by atoms with E-state index in [2.05, 4.69) is 14.1 Å². The van der Waals surface area contributed by atoms with Crippen molar-refractivity contribution in [3.63, 3.8) is 0 Å². The molecule has 0 spiro atoms. The third-order valence-corrected chi connectivity index (χ3v) is 6.54. The van der Waals surface area contributed by atoms with Gasteiger partial charge in [-0.1, -0.05) is 35.3 Å². The number of nitrogens with one attached hydrogen (secondary N) is 1. The van der Waals surface area contributed by atoms with Crippen LogP contribution in [0, 0.1) is 0 Å². The van der Waals surface area contributed by atoms with Crippen molar-refractivity contribution in [1.82, 2.24) is 13.1 Å². The Kier molecular flexibility index (Phi) is 5.44. The second kappa shape index (κ2) is 7.45. The van der Waals surface area contributed by atoms with E-state index >= 15 is 0 Å². The molecule has 0 aliphatic heterocycles. The van der Waals surface area contributed by atoms with E-state index in [1.54, 1.807) is 30.3 Å². The summed E-state index contributed by atoms with van der Waals surface area (Å²) in [6.45, 7) is -0.419. The summed E-state index contributed by atoms with van der Waals surface area (Å²) in [6.07, 6.45) is 0. The molecule has 3 aromatic rings. The number of para-hydroxylation sites is 1. The van der Waals surface area contributed by atoms with E-state index in [9.17, 15) is 13.2 Å². The SMILES string of the molecule is CN(CC(=O)Nc1c(Cl)cccc1Cl)S(=O)(=O)c1cccc2nsnc12. The molecule has 0 radical (unpaired) electrons. The summed E-state index contributed by atoms with van der Waals surface area (Å²) < 4.78 is 34.6. The molecule has 1 N–H and O–H groups in total. The molecular weight excluding hydrogens is 419 g/mol. The highest BCUT2D eigenvalue weighted by molar-refractivity contribution is 7.89. The average Bonchev–Trinajstić information content (AvgIpc) is 3.06. The van der Waals surface area contributed by atoms with Crippen LogP contribution in [0.2, 0.25) is 10.0 Å². The molecule has 0 saturated carbocycles. The lowest BCUT2D eigenvalue weighted by atomic mass is 10.3. The number of nitrogens with zero attached hydrogens (tertiary/aromatic N) is 3. The molecule has 0 saturated heterocycles. The van der Waals surface area contributed by atoms with E-state index in [0.717, 1.165) is 16.0 Å². The minimum atomic E-state index is -3.93. The number of rotatable bonds is 5. The Morgan fingerprint density at radius 1 is 1.15 bits per heavy atom. The highest BCUT2D eigenvalue weighted by Gasteiger charge is 2.26. The summed E-state index contributed by atoms with van der Waals surface area (Å²) in [4.78, 5) is 12.3. The molecular formula is C15H12Cl2N4O3S2. The maximum Gasteiger partial charge on any atom is 0.245 e. The molecule has 3 rings (SSSR count). The van der Waals surface area contributed by atoms with Gasteiger partial charge in [0.2, 0.25) is 15.9 Å². The van der Waals surface area contributed by atoms with Crippen molar-refractivity contribution in [1.29, 1.82) is 0 Å². The first kappa shape index (κ1) is 19.0. The van der Waals surface area contributed by atoms with Gasteiger partial charge < -0.3 is 5.32 Å². The lowest BCUT2D eigenvalue weighted by Gasteiger charge is -2.17. The van der Waals surface area contributed by atoms with E-state index in [1.807, 2.05) is 0 Å². The number of likely N-dealkylation sites (N-methyl/N-ethyl adjacent to an activating group) is 1. The van der Waals surface area contributed by atoms with Gasteiger partial charge in [0.1, 0.15) is 15.9 Å². The molecule has 7 nitrogen and oxygen atoms in total. The molecule has 11 heteroatoms. The molecule has 0 fully saturated rings. The normalized spacial score (nSPS) is 11.8. The van der Waals surface area contributed by atoms with Crippen LogP contribution in [0.5, 0.6) is 0 Å². The lowest BCUT2D eigenvalue weighted by Crippen LogP contribution is -2.35. The van der Waals surface area contributed by atoms with Crippen molar-refractivity contribution in [2.24, 2.45) is 0 Å². The first-order valence-corrected chi connectivity index (χ1v) is 10.1. The summed E-state index contributed by atoms with van der Waals surface area (Å²) >= 11 is 12.9. The monoisotopic (exact) mass is 430 g/mol.